The predicted octanol–water partition coefficient (Wildman–Crippen LogP) is 2.68. The Kier molecular flexibility index (Phi) is 6.15. The molecule has 112 valence electrons. The van der Waals surface area contributed by atoms with E-state index >= 15 is 0 Å². The van der Waals surface area contributed by atoms with Crippen molar-refractivity contribution >= 4 is 6.09 Å². The number of ether oxygens (including phenoxy) is 3. The number of carbonyl (C=O) groups is 1. The zero-order valence-electron chi connectivity index (χ0n) is 12.6. The second kappa shape index (κ2) is 7.62. The molecule has 0 heterocycles. The normalized spacial score (nSPS) is 11.8. The standard InChI is InChI=1S/C15H23NO4/c1-5-6-11-8-14(19-4)12(9-13(11)18-3)7-10(2)20-15(16)17/h8-10H,5-7H2,1-4H3,(H2,16,17). The molecule has 0 aromatic heterocycles. The van der Waals surface area contributed by atoms with E-state index < -0.39 is 6.09 Å². The van der Waals surface area contributed by atoms with Gasteiger partial charge < -0.3 is 19.9 Å². The Hall–Kier alpha value is -1.91. The number of hydrogen-bond acceptors (Lipinski definition) is 4. The Morgan fingerprint density at radius 3 is 2.25 bits per heavy atom. The molecular weight excluding hydrogens is 258 g/mol. The molecule has 2 N–H and O–H groups in total. The number of carbonyl (C=O) groups excluding carboxylic acids is 1. The number of primary amides is 1. The zero-order valence-corrected chi connectivity index (χ0v) is 12.6. The molecule has 5 nitrogen and oxygen atoms in total. The summed E-state index contributed by atoms with van der Waals surface area (Å²) in [5, 5.41) is 0. The monoisotopic (exact) mass is 281 g/mol. The van der Waals surface area contributed by atoms with Crippen LogP contribution in [0.2, 0.25) is 0 Å². The van der Waals surface area contributed by atoms with Gasteiger partial charge in [-0.1, -0.05) is 13.3 Å². The summed E-state index contributed by atoms with van der Waals surface area (Å²) in [7, 11) is 3.27. The number of hydrogen-bond donors (Lipinski definition) is 1. The third-order valence-corrected chi connectivity index (χ3v) is 3.03. The summed E-state index contributed by atoms with van der Waals surface area (Å²) < 4.78 is 15.8. The van der Waals surface area contributed by atoms with Crippen molar-refractivity contribution in [1.82, 2.24) is 0 Å². The van der Waals surface area contributed by atoms with Crippen LogP contribution in [0.25, 0.3) is 0 Å². The van der Waals surface area contributed by atoms with Crippen LogP contribution in [0.15, 0.2) is 12.1 Å². The Labute approximate surface area is 120 Å². The highest BCUT2D eigenvalue weighted by Crippen LogP contribution is 2.30. The van der Waals surface area contributed by atoms with Gasteiger partial charge in [-0.25, -0.2) is 4.79 Å². The summed E-state index contributed by atoms with van der Waals surface area (Å²) in [6.45, 7) is 3.90. The summed E-state index contributed by atoms with van der Waals surface area (Å²) >= 11 is 0. The van der Waals surface area contributed by atoms with Crippen LogP contribution in [0.5, 0.6) is 11.5 Å². The summed E-state index contributed by atoms with van der Waals surface area (Å²) in [6, 6.07) is 3.92. The van der Waals surface area contributed by atoms with Gasteiger partial charge in [0.1, 0.15) is 17.6 Å². The quantitative estimate of drug-likeness (QED) is 0.834. The van der Waals surface area contributed by atoms with Crippen molar-refractivity contribution in [2.75, 3.05) is 14.2 Å². The van der Waals surface area contributed by atoms with E-state index in [1.165, 1.54) is 0 Å². The van der Waals surface area contributed by atoms with Gasteiger partial charge in [0.25, 0.3) is 0 Å². The Morgan fingerprint density at radius 2 is 1.75 bits per heavy atom. The summed E-state index contributed by atoms with van der Waals surface area (Å²) in [6.07, 6.45) is 1.39. The third-order valence-electron chi connectivity index (χ3n) is 3.03. The van der Waals surface area contributed by atoms with Crippen LogP contribution in [0.4, 0.5) is 4.79 Å². The van der Waals surface area contributed by atoms with E-state index in [0.717, 1.165) is 35.5 Å². The molecule has 1 unspecified atom stereocenters. The molecule has 0 saturated heterocycles. The van der Waals surface area contributed by atoms with Crippen molar-refractivity contribution in [3.05, 3.63) is 23.3 Å². The van der Waals surface area contributed by atoms with E-state index in [-0.39, 0.29) is 6.10 Å². The lowest BCUT2D eigenvalue weighted by molar-refractivity contribution is 0.116. The lowest BCUT2D eigenvalue weighted by Gasteiger charge is -2.17. The molecule has 0 saturated carbocycles. The van der Waals surface area contributed by atoms with Crippen molar-refractivity contribution in [3.63, 3.8) is 0 Å². The van der Waals surface area contributed by atoms with Crippen LogP contribution in [-0.2, 0) is 17.6 Å². The topological polar surface area (TPSA) is 70.8 Å². The second-order valence-electron chi connectivity index (χ2n) is 4.68. The van der Waals surface area contributed by atoms with Crippen LogP contribution in [0.1, 0.15) is 31.4 Å². The number of amides is 1. The number of aryl methyl sites for hydroxylation is 1. The van der Waals surface area contributed by atoms with E-state index in [4.69, 9.17) is 19.9 Å². The number of methoxy groups -OCH3 is 2. The molecule has 5 heteroatoms. The lowest BCUT2D eigenvalue weighted by atomic mass is 10.0. The molecule has 0 radical (unpaired) electrons. The molecule has 1 amide bonds. The van der Waals surface area contributed by atoms with Gasteiger partial charge in [-0.05, 0) is 31.0 Å². The zero-order chi connectivity index (χ0) is 15.1. The molecule has 0 aliphatic heterocycles. The number of rotatable bonds is 7. The SMILES string of the molecule is CCCc1cc(OC)c(CC(C)OC(N)=O)cc1OC. The molecule has 1 aromatic carbocycles. The maximum Gasteiger partial charge on any atom is 0.404 e. The number of nitrogens with two attached hydrogens (primary N) is 1. The van der Waals surface area contributed by atoms with Gasteiger partial charge in [-0.3, -0.25) is 0 Å². The van der Waals surface area contributed by atoms with Crippen LogP contribution in [0.3, 0.4) is 0 Å². The van der Waals surface area contributed by atoms with Gasteiger partial charge in [0.2, 0.25) is 0 Å². The lowest BCUT2D eigenvalue weighted by Crippen LogP contribution is -2.22. The van der Waals surface area contributed by atoms with E-state index in [9.17, 15) is 4.79 Å². The van der Waals surface area contributed by atoms with Crippen molar-refractivity contribution in [1.29, 1.82) is 0 Å². The van der Waals surface area contributed by atoms with Gasteiger partial charge in [0.05, 0.1) is 14.2 Å². The Morgan fingerprint density at radius 1 is 1.20 bits per heavy atom. The molecule has 0 spiro atoms. The van der Waals surface area contributed by atoms with E-state index in [0.29, 0.717) is 6.42 Å². The van der Waals surface area contributed by atoms with Crippen LogP contribution >= 0.6 is 0 Å². The third kappa shape index (κ3) is 4.33. The molecule has 0 aliphatic rings. The first-order valence-electron chi connectivity index (χ1n) is 6.71. The fourth-order valence-electron chi connectivity index (χ4n) is 2.20. The second-order valence-corrected chi connectivity index (χ2v) is 4.68. The van der Waals surface area contributed by atoms with E-state index in [2.05, 4.69) is 6.92 Å². The molecule has 0 fully saturated rings. The molecule has 0 bridgehead atoms. The fraction of sp³-hybridized carbons (Fsp3) is 0.533. The minimum absolute atomic E-state index is 0.317. The summed E-state index contributed by atoms with van der Waals surface area (Å²) in [4.78, 5) is 10.8. The van der Waals surface area contributed by atoms with Gasteiger partial charge in [0, 0.05) is 12.0 Å². The van der Waals surface area contributed by atoms with Crippen molar-refractivity contribution in [2.24, 2.45) is 5.73 Å². The van der Waals surface area contributed by atoms with Crippen LogP contribution < -0.4 is 15.2 Å². The van der Waals surface area contributed by atoms with Crippen LogP contribution in [0, 0.1) is 0 Å². The van der Waals surface area contributed by atoms with E-state index in [1.807, 2.05) is 12.1 Å². The van der Waals surface area contributed by atoms with Crippen molar-refractivity contribution in [2.45, 2.75) is 39.2 Å². The highest BCUT2D eigenvalue weighted by Gasteiger charge is 2.15. The highest BCUT2D eigenvalue weighted by molar-refractivity contribution is 5.64. The molecule has 1 aromatic rings. The largest absolute Gasteiger partial charge is 0.496 e. The molecular formula is C15H23NO4. The van der Waals surface area contributed by atoms with Gasteiger partial charge in [0.15, 0.2) is 0 Å². The molecule has 20 heavy (non-hydrogen) atoms. The average molecular weight is 281 g/mol. The minimum atomic E-state index is -0.772. The maximum atomic E-state index is 10.8. The van der Waals surface area contributed by atoms with Gasteiger partial charge in [-0.15, -0.1) is 0 Å². The van der Waals surface area contributed by atoms with E-state index in [1.54, 1.807) is 21.1 Å². The Bertz CT molecular complexity index is 459. The van der Waals surface area contributed by atoms with Gasteiger partial charge in [-0.2, -0.15) is 0 Å². The first kappa shape index (κ1) is 16.1. The first-order valence-corrected chi connectivity index (χ1v) is 6.71. The first-order chi connectivity index (χ1) is 9.51. The average Bonchev–Trinajstić information content (AvgIpc) is 2.39. The predicted molar refractivity (Wildman–Crippen MR) is 77.4 cm³/mol. The minimum Gasteiger partial charge on any atom is -0.496 e. The fourth-order valence-corrected chi connectivity index (χ4v) is 2.20. The Balaban J connectivity index is 3.02. The number of benzene rings is 1. The summed E-state index contributed by atoms with van der Waals surface area (Å²) in [5.41, 5.74) is 7.06. The molecule has 0 aliphatic carbocycles. The molecule has 1 rings (SSSR count). The summed E-state index contributed by atoms with van der Waals surface area (Å²) in [5.74, 6) is 1.60. The van der Waals surface area contributed by atoms with Crippen molar-refractivity contribution < 1.29 is 19.0 Å². The van der Waals surface area contributed by atoms with Crippen molar-refractivity contribution in [3.8, 4) is 11.5 Å². The smallest absolute Gasteiger partial charge is 0.404 e. The van der Waals surface area contributed by atoms with Gasteiger partial charge >= 0.3 is 6.09 Å². The highest BCUT2D eigenvalue weighted by atomic mass is 16.6. The molecule has 1 atom stereocenters. The van der Waals surface area contributed by atoms with Crippen LogP contribution in [-0.4, -0.2) is 26.4 Å². The maximum absolute atomic E-state index is 10.8.